The monoisotopic (exact) mass is 278 g/mol. The predicted octanol–water partition coefficient (Wildman–Crippen LogP) is 1.76. The maximum Gasteiger partial charge on any atom is 0.229 e. The highest BCUT2D eigenvalue weighted by Gasteiger charge is 2.38. The molecule has 2 heterocycles. The fourth-order valence-corrected chi connectivity index (χ4v) is 3.93. The lowest BCUT2D eigenvalue weighted by atomic mass is 9.81. The third-order valence-electron chi connectivity index (χ3n) is 3.89. The highest BCUT2D eigenvalue weighted by Crippen LogP contribution is 2.30. The van der Waals surface area contributed by atoms with E-state index in [0.29, 0.717) is 11.9 Å². The van der Waals surface area contributed by atoms with Gasteiger partial charge in [0.2, 0.25) is 5.91 Å². The molecule has 3 nitrogen and oxygen atoms in total. The topological polar surface area (TPSA) is 32.3 Å². The van der Waals surface area contributed by atoms with E-state index in [0.717, 1.165) is 38.1 Å². The molecule has 2 unspecified atom stereocenters. The van der Waals surface area contributed by atoms with Crippen molar-refractivity contribution < 1.29 is 4.79 Å². The Hall–Kier alpha value is 0.0700. The molecule has 0 spiro atoms. The molecule has 0 aromatic rings. The van der Waals surface area contributed by atoms with E-state index in [9.17, 15) is 4.79 Å². The Morgan fingerprint density at radius 3 is 2.82 bits per heavy atom. The van der Waals surface area contributed by atoms with Gasteiger partial charge in [-0.25, -0.2) is 0 Å². The number of amides is 1. The van der Waals surface area contributed by atoms with Crippen LogP contribution in [0.5, 0.6) is 0 Å². The van der Waals surface area contributed by atoms with E-state index < -0.39 is 0 Å². The molecule has 2 aliphatic rings. The summed E-state index contributed by atoms with van der Waals surface area (Å²) in [6.45, 7) is 4.02. The average molecular weight is 279 g/mol. The summed E-state index contributed by atoms with van der Waals surface area (Å²) in [5.41, 5.74) is -0.166. The second-order valence-electron chi connectivity index (χ2n) is 5.27. The summed E-state index contributed by atoms with van der Waals surface area (Å²) in [6, 6.07) is 0.469. The van der Waals surface area contributed by atoms with E-state index in [1.165, 1.54) is 5.75 Å². The number of rotatable bonds is 2. The molecule has 2 saturated heterocycles. The van der Waals surface area contributed by atoms with Crippen LogP contribution >= 0.6 is 24.2 Å². The van der Waals surface area contributed by atoms with Crippen LogP contribution in [0.15, 0.2) is 0 Å². The van der Waals surface area contributed by atoms with Gasteiger partial charge in [0.15, 0.2) is 0 Å². The fourth-order valence-electron chi connectivity index (χ4n) is 2.66. The van der Waals surface area contributed by atoms with Crippen LogP contribution in [-0.2, 0) is 4.79 Å². The first-order valence-electron chi connectivity index (χ1n) is 6.19. The van der Waals surface area contributed by atoms with Crippen LogP contribution in [0.1, 0.15) is 26.2 Å². The molecule has 0 bridgehead atoms. The quantitative estimate of drug-likeness (QED) is 0.835. The van der Waals surface area contributed by atoms with Crippen LogP contribution in [0.3, 0.4) is 0 Å². The van der Waals surface area contributed by atoms with Crippen molar-refractivity contribution in [1.82, 2.24) is 10.2 Å². The maximum absolute atomic E-state index is 12.5. The third kappa shape index (κ3) is 3.30. The zero-order valence-corrected chi connectivity index (χ0v) is 12.3. The lowest BCUT2D eigenvalue weighted by Gasteiger charge is -2.38. The molecule has 17 heavy (non-hydrogen) atoms. The molecule has 0 aromatic carbocycles. The maximum atomic E-state index is 12.5. The molecule has 0 aliphatic carbocycles. The summed E-state index contributed by atoms with van der Waals surface area (Å²) in [7, 11) is 1.98. The molecule has 2 rings (SSSR count). The first-order chi connectivity index (χ1) is 7.63. The zero-order valence-electron chi connectivity index (χ0n) is 10.7. The number of nitrogens with one attached hydrogen (secondary N) is 1. The predicted molar refractivity (Wildman–Crippen MR) is 76.0 cm³/mol. The van der Waals surface area contributed by atoms with Gasteiger partial charge in [0, 0.05) is 25.4 Å². The summed E-state index contributed by atoms with van der Waals surface area (Å²) in [5.74, 6) is 2.66. The van der Waals surface area contributed by atoms with E-state index in [-0.39, 0.29) is 17.8 Å². The van der Waals surface area contributed by atoms with Gasteiger partial charge in [-0.1, -0.05) is 0 Å². The summed E-state index contributed by atoms with van der Waals surface area (Å²) in [4.78, 5) is 14.5. The van der Waals surface area contributed by atoms with Crippen molar-refractivity contribution in [2.75, 3.05) is 31.6 Å². The van der Waals surface area contributed by atoms with Crippen LogP contribution in [0.25, 0.3) is 0 Å². The first-order valence-corrected chi connectivity index (χ1v) is 7.35. The number of hydrogen-bond donors (Lipinski definition) is 1. The molecule has 5 heteroatoms. The number of thioether (sulfide) groups is 1. The molecule has 0 aromatic heterocycles. The van der Waals surface area contributed by atoms with Crippen LogP contribution < -0.4 is 5.32 Å². The number of hydrogen-bond acceptors (Lipinski definition) is 3. The summed E-state index contributed by atoms with van der Waals surface area (Å²) in [5, 5.41) is 3.35. The number of carbonyl (C=O) groups is 1. The van der Waals surface area contributed by atoms with Gasteiger partial charge < -0.3 is 10.2 Å². The number of carbonyl (C=O) groups excluding carboxylic acids is 1. The number of nitrogens with zero attached hydrogens (tertiary/aromatic N) is 1. The fraction of sp³-hybridized carbons (Fsp3) is 0.917. The molecule has 2 fully saturated rings. The third-order valence-corrected chi connectivity index (χ3v) is 5.03. The number of piperidine rings is 1. The standard InChI is InChI=1S/C12H22N2OS.ClH/c1-12(5-3-6-13-9-12)11(15)14(2)10-4-7-16-8-10;/h10,13H,3-9H2,1-2H3;1H. The summed E-state index contributed by atoms with van der Waals surface area (Å²) < 4.78 is 0. The summed E-state index contributed by atoms with van der Waals surface area (Å²) in [6.07, 6.45) is 3.31. The Morgan fingerprint density at radius 2 is 2.29 bits per heavy atom. The van der Waals surface area contributed by atoms with Crippen LogP contribution in [0.2, 0.25) is 0 Å². The minimum Gasteiger partial charge on any atom is -0.341 e. The van der Waals surface area contributed by atoms with Gasteiger partial charge in [-0.15, -0.1) is 12.4 Å². The van der Waals surface area contributed by atoms with E-state index in [1.807, 2.05) is 23.7 Å². The molecule has 0 saturated carbocycles. The van der Waals surface area contributed by atoms with Gasteiger partial charge in [-0.2, -0.15) is 11.8 Å². The molecule has 1 N–H and O–H groups in total. The second-order valence-corrected chi connectivity index (χ2v) is 6.42. The highest BCUT2D eigenvalue weighted by molar-refractivity contribution is 7.99. The van der Waals surface area contributed by atoms with Crippen molar-refractivity contribution in [2.24, 2.45) is 5.41 Å². The Kier molecular flexibility index (Phi) is 5.61. The normalized spacial score (nSPS) is 32.9. The summed E-state index contributed by atoms with van der Waals surface area (Å²) >= 11 is 1.96. The van der Waals surface area contributed by atoms with E-state index in [4.69, 9.17) is 0 Å². The molecule has 100 valence electrons. The van der Waals surface area contributed by atoms with E-state index in [1.54, 1.807) is 0 Å². The molecule has 1 amide bonds. The molecule has 2 atom stereocenters. The SMILES string of the molecule is CN(C(=O)C1(C)CCCNC1)C1CCSC1.Cl. The van der Waals surface area contributed by atoms with Crippen molar-refractivity contribution in [3.63, 3.8) is 0 Å². The van der Waals surface area contributed by atoms with Crippen molar-refractivity contribution in [1.29, 1.82) is 0 Å². The molecular weight excluding hydrogens is 256 g/mol. The van der Waals surface area contributed by atoms with Crippen molar-refractivity contribution in [3.05, 3.63) is 0 Å². The Bertz CT molecular complexity index is 263. The van der Waals surface area contributed by atoms with Gasteiger partial charge in [-0.05, 0) is 38.5 Å². The van der Waals surface area contributed by atoms with Crippen LogP contribution in [0, 0.1) is 5.41 Å². The van der Waals surface area contributed by atoms with Crippen LogP contribution in [-0.4, -0.2) is 48.5 Å². The minimum absolute atomic E-state index is 0. The molecule has 0 radical (unpaired) electrons. The Balaban J connectivity index is 0.00000144. The van der Waals surface area contributed by atoms with Crippen molar-refractivity contribution in [2.45, 2.75) is 32.2 Å². The van der Waals surface area contributed by atoms with E-state index >= 15 is 0 Å². The lowest BCUT2D eigenvalue weighted by molar-refractivity contribution is -0.142. The average Bonchev–Trinajstić information content (AvgIpc) is 2.81. The molecular formula is C12H23ClN2OS. The van der Waals surface area contributed by atoms with Crippen molar-refractivity contribution >= 4 is 30.1 Å². The van der Waals surface area contributed by atoms with Gasteiger partial charge in [0.25, 0.3) is 0 Å². The van der Waals surface area contributed by atoms with Gasteiger partial charge in [0.1, 0.15) is 0 Å². The highest BCUT2D eigenvalue weighted by atomic mass is 35.5. The zero-order chi connectivity index (χ0) is 11.6. The smallest absolute Gasteiger partial charge is 0.229 e. The number of halogens is 1. The lowest BCUT2D eigenvalue weighted by Crippen LogP contribution is -2.51. The van der Waals surface area contributed by atoms with Gasteiger partial charge in [-0.3, -0.25) is 4.79 Å². The molecule has 2 aliphatic heterocycles. The van der Waals surface area contributed by atoms with Crippen molar-refractivity contribution in [3.8, 4) is 0 Å². The minimum atomic E-state index is -0.166. The van der Waals surface area contributed by atoms with Gasteiger partial charge >= 0.3 is 0 Å². The van der Waals surface area contributed by atoms with Gasteiger partial charge in [0.05, 0.1) is 5.41 Å². The van der Waals surface area contributed by atoms with Crippen LogP contribution in [0.4, 0.5) is 0 Å². The Morgan fingerprint density at radius 1 is 1.53 bits per heavy atom. The second kappa shape index (κ2) is 6.30. The largest absolute Gasteiger partial charge is 0.341 e. The van der Waals surface area contributed by atoms with E-state index in [2.05, 4.69) is 12.2 Å². The first kappa shape index (κ1) is 15.1. The Labute approximate surface area is 114 Å².